The van der Waals surface area contributed by atoms with E-state index in [1.807, 2.05) is 40.7 Å². The van der Waals surface area contributed by atoms with Gasteiger partial charge in [-0.25, -0.2) is 4.79 Å². The molecule has 45 heavy (non-hydrogen) atoms. The standard InChI is InChI=1S/C34H58N2O9/c1-10-26(38)24(4)31-27(43-31)21-33(5,41)16-11-12-22(2)30-23(3)13-14-28(44-32(40)36(8)19-18-35-7)34(6,42-9)17-15-25(37)20-29(39)45-30/h11-14,16,23-28,30-31,35,37-38,41H,10,15,17-21H2,1-9H3/b14-13+,16-11+,22-12+/t23-,24?,25+,26?,27+,28-,30+,31+,33?,34+/m0/s1. The van der Waals surface area contributed by atoms with E-state index in [1.54, 1.807) is 45.3 Å². The zero-order valence-electron chi connectivity index (χ0n) is 28.7. The van der Waals surface area contributed by atoms with E-state index >= 15 is 0 Å². The smallest absolute Gasteiger partial charge is 0.410 e. The highest BCUT2D eigenvalue weighted by atomic mass is 16.6. The molecule has 4 N–H and O–H groups in total. The zero-order valence-corrected chi connectivity index (χ0v) is 28.7. The highest BCUT2D eigenvalue weighted by Crippen LogP contribution is 2.37. The van der Waals surface area contributed by atoms with Crippen LogP contribution in [-0.2, 0) is 23.7 Å². The van der Waals surface area contributed by atoms with Gasteiger partial charge in [-0.2, -0.15) is 0 Å². The first-order valence-corrected chi connectivity index (χ1v) is 16.2. The lowest BCUT2D eigenvalue weighted by Gasteiger charge is -2.36. The van der Waals surface area contributed by atoms with Crippen molar-refractivity contribution in [2.75, 3.05) is 34.3 Å². The van der Waals surface area contributed by atoms with Crippen LogP contribution in [-0.4, -0.2) is 114 Å². The Morgan fingerprint density at radius 2 is 2.04 bits per heavy atom. The van der Waals surface area contributed by atoms with Crippen LogP contribution < -0.4 is 5.32 Å². The average Bonchev–Trinajstić information content (AvgIpc) is 3.75. The lowest BCUT2D eigenvalue weighted by atomic mass is 9.88. The number of carbonyl (C=O) groups excluding carboxylic acids is 2. The molecule has 0 aromatic carbocycles. The molecule has 0 bridgehead atoms. The van der Waals surface area contributed by atoms with Gasteiger partial charge in [0.05, 0.1) is 36.4 Å². The van der Waals surface area contributed by atoms with Gasteiger partial charge < -0.3 is 44.5 Å². The van der Waals surface area contributed by atoms with Crippen LogP contribution in [0.4, 0.5) is 4.79 Å². The molecule has 0 radical (unpaired) electrons. The van der Waals surface area contributed by atoms with Gasteiger partial charge in [-0.15, -0.1) is 0 Å². The van der Waals surface area contributed by atoms with Crippen LogP contribution in [0.3, 0.4) is 0 Å². The van der Waals surface area contributed by atoms with Crippen LogP contribution in [0.2, 0.25) is 0 Å². The predicted molar refractivity (Wildman–Crippen MR) is 173 cm³/mol. The Morgan fingerprint density at radius 3 is 2.67 bits per heavy atom. The van der Waals surface area contributed by atoms with Gasteiger partial charge in [0, 0.05) is 45.5 Å². The van der Waals surface area contributed by atoms with E-state index in [-0.39, 0.29) is 36.9 Å². The SMILES string of the molecule is CCC(O)C(C)[C@H]1O[C@@H]1CC(C)(O)/C=C/C=C(\C)[C@H]1OC(=O)C[C@H](O)CC[C@@](C)(OC)[C@@H](OC(=O)N(C)CCNC)/C=C/[C@@H]1C. The quantitative estimate of drug-likeness (QED) is 0.102. The normalized spacial score (nSPS) is 33.2. The molecule has 258 valence electrons. The fourth-order valence-electron chi connectivity index (χ4n) is 5.58. The number of ether oxygens (including phenoxy) is 4. The van der Waals surface area contributed by atoms with Crippen LogP contribution in [0.15, 0.2) is 36.0 Å². The number of hydrogen-bond acceptors (Lipinski definition) is 10. The molecule has 11 nitrogen and oxygen atoms in total. The van der Waals surface area contributed by atoms with Gasteiger partial charge in [-0.05, 0) is 58.7 Å². The lowest BCUT2D eigenvalue weighted by molar-refractivity contribution is -0.151. The Bertz CT molecular complexity index is 1040. The Kier molecular flexibility index (Phi) is 15.2. The molecule has 2 rings (SSSR count). The van der Waals surface area contributed by atoms with Gasteiger partial charge in [-0.3, -0.25) is 4.79 Å². The van der Waals surface area contributed by atoms with Crippen molar-refractivity contribution in [2.45, 2.75) is 121 Å². The first-order chi connectivity index (χ1) is 21.1. The van der Waals surface area contributed by atoms with Gasteiger partial charge in [-0.1, -0.05) is 45.1 Å². The molecular formula is C34H58N2O9. The topological polar surface area (TPSA) is 150 Å². The third kappa shape index (κ3) is 12.1. The van der Waals surface area contributed by atoms with E-state index in [0.717, 1.165) is 5.57 Å². The molecule has 2 heterocycles. The van der Waals surface area contributed by atoms with Gasteiger partial charge >= 0.3 is 12.1 Å². The number of amides is 1. The van der Waals surface area contributed by atoms with Gasteiger partial charge in [0.15, 0.2) is 6.10 Å². The molecule has 0 saturated carbocycles. The second kappa shape index (κ2) is 17.6. The van der Waals surface area contributed by atoms with Crippen molar-refractivity contribution in [2.24, 2.45) is 11.8 Å². The lowest BCUT2D eigenvalue weighted by Crippen LogP contribution is -2.46. The van der Waals surface area contributed by atoms with E-state index in [2.05, 4.69) is 5.32 Å². The number of carbonyl (C=O) groups is 2. The number of allylic oxidation sites excluding steroid dienone is 2. The third-order valence-electron chi connectivity index (χ3n) is 9.05. The summed E-state index contributed by atoms with van der Waals surface area (Å²) in [5.74, 6) is -0.854. The summed E-state index contributed by atoms with van der Waals surface area (Å²) >= 11 is 0. The summed E-state index contributed by atoms with van der Waals surface area (Å²) in [4.78, 5) is 27.3. The van der Waals surface area contributed by atoms with Crippen LogP contribution in [0.25, 0.3) is 0 Å². The molecule has 0 aromatic heterocycles. The molecule has 10 atom stereocenters. The highest BCUT2D eigenvalue weighted by molar-refractivity contribution is 5.70. The van der Waals surface area contributed by atoms with Crippen LogP contribution in [0, 0.1) is 11.8 Å². The molecule has 0 spiro atoms. The molecule has 3 unspecified atom stereocenters. The summed E-state index contributed by atoms with van der Waals surface area (Å²) in [6.45, 7) is 12.2. The molecule has 2 aliphatic heterocycles. The second-order valence-corrected chi connectivity index (χ2v) is 13.2. The number of hydrogen-bond donors (Lipinski definition) is 4. The second-order valence-electron chi connectivity index (χ2n) is 13.2. The summed E-state index contributed by atoms with van der Waals surface area (Å²) in [6, 6.07) is 0. The van der Waals surface area contributed by atoms with Crippen molar-refractivity contribution in [3.8, 4) is 0 Å². The number of rotatable bonds is 13. The maximum Gasteiger partial charge on any atom is 0.410 e. The summed E-state index contributed by atoms with van der Waals surface area (Å²) in [6.07, 6.45) is 6.72. The average molecular weight is 639 g/mol. The summed E-state index contributed by atoms with van der Waals surface area (Å²) in [7, 11) is 5.01. The van der Waals surface area contributed by atoms with Crippen LogP contribution in [0.5, 0.6) is 0 Å². The van der Waals surface area contributed by atoms with E-state index in [1.165, 1.54) is 12.0 Å². The molecule has 0 aliphatic carbocycles. The van der Waals surface area contributed by atoms with E-state index in [4.69, 9.17) is 18.9 Å². The van der Waals surface area contributed by atoms with E-state index in [9.17, 15) is 24.9 Å². The van der Waals surface area contributed by atoms with Gasteiger partial charge in [0.1, 0.15) is 11.7 Å². The zero-order chi connectivity index (χ0) is 33.9. The van der Waals surface area contributed by atoms with Crippen molar-refractivity contribution in [3.05, 3.63) is 36.0 Å². The van der Waals surface area contributed by atoms with Crippen molar-refractivity contribution in [1.82, 2.24) is 10.2 Å². The fourth-order valence-corrected chi connectivity index (χ4v) is 5.58. The number of aliphatic hydroxyl groups is 3. The minimum atomic E-state index is -1.14. The number of methoxy groups -OCH3 is 1. The Balaban J connectivity index is 2.26. The molecule has 0 aromatic rings. The first kappa shape index (κ1) is 38.9. The number of nitrogens with zero attached hydrogens (tertiary/aromatic N) is 1. The number of nitrogens with one attached hydrogen (secondary N) is 1. The van der Waals surface area contributed by atoms with Crippen LogP contribution >= 0.6 is 0 Å². The Labute approximate surface area is 269 Å². The molecule has 2 aliphatic rings. The molecule has 1 amide bonds. The largest absolute Gasteiger partial charge is 0.457 e. The maximum atomic E-state index is 12.9. The maximum absolute atomic E-state index is 12.9. The molecule has 1 saturated heterocycles. The Hall–Kier alpha value is -2.28. The monoisotopic (exact) mass is 638 g/mol. The number of esters is 1. The number of likely N-dealkylation sites (N-methyl/N-ethyl adjacent to an activating group) is 2. The highest BCUT2D eigenvalue weighted by Gasteiger charge is 2.47. The van der Waals surface area contributed by atoms with Gasteiger partial charge in [0.25, 0.3) is 0 Å². The molecule has 1 fully saturated rings. The Morgan fingerprint density at radius 1 is 1.36 bits per heavy atom. The third-order valence-corrected chi connectivity index (χ3v) is 9.05. The van der Waals surface area contributed by atoms with Crippen molar-refractivity contribution < 1.29 is 43.9 Å². The van der Waals surface area contributed by atoms with Crippen LogP contribution in [0.1, 0.15) is 73.6 Å². The summed E-state index contributed by atoms with van der Waals surface area (Å²) in [5.41, 5.74) is -1.37. The fraction of sp³-hybridized carbons (Fsp3) is 0.765. The molecular weight excluding hydrogens is 580 g/mol. The number of epoxide rings is 1. The van der Waals surface area contributed by atoms with E-state index < -0.39 is 47.7 Å². The van der Waals surface area contributed by atoms with Crippen molar-refractivity contribution in [3.63, 3.8) is 0 Å². The van der Waals surface area contributed by atoms with Gasteiger partial charge in [0.2, 0.25) is 0 Å². The number of cyclic esters (lactones) is 1. The minimum absolute atomic E-state index is 0.00472. The van der Waals surface area contributed by atoms with E-state index in [0.29, 0.717) is 32.4 Å². The first-order valence-electron chi connectivity index (χ1n) is 16.2. The number of aliphatic hydroxyl groups excluding tert-OH is 2. The van der Waals surface area contributed by atoms with Crippen molar-refractivity contribution >= 4 is 12.1 Å². The van der Waals surface area contributed by atoms with Crippen molar-refractivity contribution in [1.29, 1.82) is 0 Å². The summed E-state index contributed by atoms with van der Waals surface area (Å²) < 4.78 is 23.4. The molecule has 11 heteroatoms. The summed E-state index contributed by atoms with van der Waals surface area (Å²) in [5, 5.41) is 34.8. The predicted octanol–water partition coefficient (Wildman–Crippen LogP) is 3.51. The minimum Gasteiger partial charge on any atom is -0.457 e.